The van der Waals surface area contributed by atoms with Crippen molar-refractivity contribution in [3.63, 3.8) is 0 Å². The molecule has 7 heavy (non-hydrogen) atoms. The molecule has 0 atom stereocenters. The topological polar surface area (TPSA) is 0 Å². The van der Waals surface area contributed by atoms with Gasteiger partial charge in [0.25, 0.3) is 0 Å². The fourth-order valence-corrected chi connectivity index (χ4v) is 0.222. The molecule has 0 amide bonds. The second kappa shape index (κ2) is 9.42. The van der Waals surface area contributed by atoms with E-state index in [9.17, 15) is 0 Å². The molecular weight excluding hydrogens is 79.0 g/mol. The van der Waals surface area contributed by atoms with Gasteiger partial charge in [-0.3, -0.25) is 0 Å². The largest absolute Gasteiger partial charge is 1.00 e. The van der Waals surface area contributed by atoms with E-state index in [4.69, 9.17) is 0 Å². The van der Waals surface area contributed by atoms with Crippen LogP contribution in [0.4, 0.5) is 0 Å². The SMILES string of the molecule is C/C=C/C=C/C.[H-].[Li+]. The van der Waals surface area contributed by atoms with Crippen LogP contribution in [-0.2, 0) is 0 Å². The zero-order valence-corrected chi connectivity index (χ0v) is 5.31. The van der Waals surface area contributed by atoms with Crippen molar-refractivity contribution in [3.05, 3.63) is 24.3 Å². The molecule has 0 bridgehead atoms. The van der Waals surface area contributed by atoms with Crippen LogP contribution in [0.15, 0.2) is 24.3 Å². The molecule has 0 aromatic heterocycles. The molecule has 1 heteroatoms. The van der Waals surface area contributed by atoms with Crippen LogP contribution in [0.3, 0.4) is 0 Å². The smallest absolute Gasteiger partial charge is 1.00 e. The summed E-state index contributed by atoms with van der Waals surface area (Å²) in [6.07, 6.45) is 8.00. The molecule has 0 spiro atoms. The third kappa shape index (κ3) is 10.7. The molecule has 0 aliphatic rings. The predicted molar refractivity (Wildman–Crippen MR) is 30.7 cm³/mol. The summed E-state index contributed by atoms with van der Waals surface area (Å²) in [5.41, 5.74) is 0. The Labute approximate surface area is 59.0 Å². The Kier molecular flexibility index (Phi) is 13.7. The third-order valence-electron chi connectivity index (χ3n) is 0.496. The van der Waals surface area contributed by atoms with Crippen LogP contribution in [-0.4, -0.2) is 0 Å². The maximum atomic E-state index is 2.00. The normalized spacial score (nSPS) is 10.0. The minimum atomic E-state index is 0. The van der Waals surface area contributed by atoms with Crippen molar-refractivity contribution in [1.82, 2.24) is 0 Å². The molecule has 0 fully saturated rings. The predicted octanol–water partition coefficient (Wildman–Crippen LogP) is -0.745. The second-order valence-corrected chi connectivity index (χ2v) is 1.05. The molecule has 0 aromatic rings. The van der Waals surface area contributed by atoms with E-state index in [1.807, 2.05) is 38.2 Å². The van der Waals surface area contributed by atoms with Crippen LogP contribution in [0, 0.1) is 0 Å². The first-order valence-electron chi connectivity index (χ1n) is 2.15. The summed E-state index contributed by atoms with van der Waals surface area (Å²) in [6.45, 7) is 4.00. The van der Waals surface area contributed by atoms with Gasteiger partial charge in [-0.05, 0) is 13.8 Å². The second-order valence-electron chi connectivity index (χ2n) is 1.05. The Balaban J connectivity index is -0.000000125. The van der Waals surface area contributed by atoms with Gasteiger partial charge in [0.1, 0.15) is 0 Å². The van der Waals surface area contributed by atoms with E-state index in [0.717, 1.165) is 0 Å². The first kappa shape index (κ1) is 10.1. The van der Waals surface area contributed by atoms with Gasteiger partial charge < -0.3 is 1.43 Å². The summed E-state index contributed by atoms with van der Waals surface area (Å²) in [5, 5.41) is 0. The Morgan fingerprint density at radius 1 is 1.00 bits per heavy atom. The standard InChI is InChI=1S/C6H10.Li.H/c1-3-5-6-4-2;;/h3-6H,1-2H3;;/q;+1;-1/b5-3+,6-4+;;. The average molecular weight is 90.1 g/mol. The number of hydrogen-bond donors (Lipinski definition) is 0. The fraction of sp³-hybridized carbons (Fsp3) is 0.333. The molecule has 0 aliphatic carbocycles. The summed E-state index contributed by atoms with van der Waals surface area (Å²) < 4.78 is 0. The summed E-state index contributed by atoms with van der Waals surface area (Å²) in [4.78, 5) is 0. The average Bonchev–Trinajstić information content (AvgIpc) is 1.61. The van der Waals surface area contributed by atoms with Gasteiger partial charge in [-0.1, -0.05) is 24.3 Å². The fourth-order valence-electron chi connectivity index (χ4n) is 0.222. The van der Waals surface area contributed by atoms with Gasteiger partial charge in [-0.2, -0.15) is 0 Å². The summed E-state index contributed by atoms with van der Waals surface area (Å²) in [6, 6.07) is 0. The van der Waals surface area contributed by atoms with Gasteiger partial charge in [0.05, 0.1) is 0 Å². The molecule has 36 valence electrons. The molecule has 0 radical (unpaired) electrons. The maximum Gasteiger partial charge on any atom is 1.00 e. The molecule has 0 aromatic carbocycles. The van der Waals surface area contributed by atoms with Crippen molar-refractivity contribution in [2.75, 3.05) is 0 Å². The van der Waals surface area contributed by atoms with Crippen molar-refractivity contribution >= 4 is 0 Å². The zero-order chi connectivity index (χ0) is 4.83. The van der Waals surface area contributed by atoms with Crippen LogP contribution >= 0.6 is 0 Å². The van der Waals surface area contributed by atoms with Gasteiger partial charge >= 0.3 is 18.9 Å². The molecule has 0 saturated heterocycles. The van der Waals surface area contributed by atoms with Crippen molar-refractivity contribution in [3.8, 4) is 0 Å². The maximum absolute atomic E-state index is 2.00. The van der Waals surface area contributed by atoms with E-state index in [2.05, 4.69) is 0 Å². The van der Waals surface area contributed by atoms with Gasteiger partial charge in [-0.15, -0.1) is 0 Å². The zero-order valence-electron chi connectivity index (χ0n) is 6.31. The van der Waals surface area contributed by atoms with Crippen LogP contribution < -0.4 is 18.9 Å². The minimum absolute atomic E-state index is 0. The van der Waals surface area contributed by atoms with Crippen LogP contribution in [0.25, 0.3) is 0 Å². The molecule has 0 aliphatic heterocycles. The summed E-state index contributed by atoms with van der Waals surface area (Å²) >= 11 is 0. The van der Waals surface area contributed by atoms with E-state index in [1.165, 1.54) is 0 Å². The number of hydrogen-bond acceptors (Lipinski definition) is 0. The summed E-state index contributed by atoms with van der Waals surface area (Å²) in [5.74, 6) is 0. The first-order valence-corrected chi connectivity index (χ1v) is 2.15. The van der Waals surface area contributed by atoms with E-state index in [1.54, 1.807) is 0 Å². The quantitative estimate of drug-likeness (QED) is 0.294. The van der Waals surface area contributed by atoms with Gasteiger partial charge in [0.15, 0.2) is 0 Å². The summed E-state index contributed by atoms with van der Waals surface area (Å²) in [7, 11) is 0. The molecule has 0 saturated carbocycles. The van der Waals surface area contributed by atoms with Crippen LogP contribution in [0.1, 0.15) is 15.3 Å². The van der Waals surface area contributed by atoms with Gasteiger partial charge in [0, 0.05) is 0 Å². The van der Waals surface area contributed by atoms with Crippen molar-refractivity contribution in [2.24, 2.45) is 0 Å². The van der Waals surface area contributed by atoms with Crippen LogP contribution in [0.5, 0.6) is 0 Å². The minimum Gasteiger partial charge on any atom is -1.00 e. The molecule has 0 heterocycles. The Morgan fingerprint density at radius 2 is 1.29 bits per heavy atom. The van der Waals surface area contributed by atoms with Crippen molar-refractivity contribution in [1.29, 1.82) is 0 Å². The Morgan fingerprint density at radius 3 is 1.43 bits per heavy atom. The Bertz CT molecular complexity index is 56.9. The van der Waals surface area contributed by atoms with Crippen molar-refractivity contribution in [2.45, 2.75) is 13.8 Å². The van der Waals surface area contributed by atoms with E-state index in [-0.39, 0.29) is 20.3 Å². The molecule has 0 unspecified atom stereocenters. The third-order valence-corrected chi connectivity index (χ3v) is 0.496. The molecule has 0 rings (SSSR count). The Hall–Kier alpha value is 0.0774. The number of allylic oxidation sites excluding steroid dienone is 4. The van der Waals surface area contributed by atoms with E-state index < -0.39 is 0 Å². The van der Waals surface area contributed by atoms with E-state index >= 15 is 0 Å². The molecular formula is C6H11Li. The van der Waals surface area contributed by atoms with Crippen molar-refractivity contribution < 1.29 is 20.3 Å². The van der Waals surface area contributed by atoms with E-state index in [0.29, 0.717) is 0 Å². The van der Waals surface area contributed by atoms with Crippen LogP contribution in [0.2, 0.25) is 0 Å². The molecule has 0 N–H and O–H groups in total. The monoisotopic (exact) mass is 90.1 g/mol. The molecule has 0 nitrogen and oxygen atoms in total. The van der Waals surface area contributed by atoms with Gasteiger partial charge in [-0.25, -0.2) is 0 Å². The van der Waals surface area contributed by atoms with Gasteiger partial charge in [0.2, 0.25) is 0 Å². The number of rotatable bonds is 1. The first-order chi connectivity index (χ1) is 2.91.